The van der Waals surface area contributed by atoms with E-state index in [-0.39, 0.29) is 32.0 Å². The van der Waals surface area contributed by atoms with Crippen LogP contribution in [0.3, 0.4) is 0 Å². The monoisotopic (exact) mass is 786 g/mol. The van der Waals surface area contributed by atoms with E-state index in [1.54, 1.807) is 41.5 Å². The van der Waals surface area contributed by atoms with Crippen molar-refractivity contribution in [3.8, 4) is 11.1 Å². The first-order valence-corrected chi connectivity index (χ1v) is 19.7. The molecule has 1 aliphatic carbocycles. The zero-order valence-corrected chi connectivity index (χ0v) is 34.0. The Kier molecular flexibility index (Phi) is 16.3. The Morgan fingerprint density at radius 3 is 1.68 bits per heavy atom. The third kappa shape index (κ3) is 15.1. The van der Waals surface area contributed by atoms with E-state index in [1.165, 1.54) is 0 Å². The molecule has 13 nitrogen and oxygen atoms in total. The molecule has 57 heavy (non-hydrogen) atoms. The van der Waals surface area contributed by atoms with E-state index in [0.29, 0.717) is 38.8 Å². The number of hydrogen-bond donors (Lipinski definition) is 4. The van der Waals surface area contributed by atoms with Gasteiger partial charge in [0.05, 0.1) is 0 Å². The lowest BCUT2D eigenvalue weighted by Gasteiger charge is -2.26. The number of carbonyl (C=O) groups is 5. The summed E-state index contributed by atoms with van der Waals surface area (Å²) in [6.07, 6.45) is 0.439. The Hall–Kier alpha value is -5.59. The maximum Gasteiger partial charge on any atom is 0.407 e. The molecule has 0 aromatic heterocycles. The molecule has 3 aromatic carbocycles. The highest BCUT2D eigenvalue weighted by Gasteiger charge is 2.32. The van der Waals surface area contributed by atoms with E-state index in [2.05, 4.69) is 21.3 Å². The summed E-state index contributed by atoms with van der Waals surface area (Å²) < 4.78 is 22.0. The molecule has 1 aliphatic rings. The molecule has 4 amide bonds. The molecule has 0 heterocycles. The summed E-state index contributed by atoms with van der Waals surface area (Å²) in [6, 6.07) is 23.2. The minimum atomic E-state index is -1.06. The van der Waals surface area contributed by atoms with Gasteiger partial charge >= 0.3 is 24.2 Å². The van der Waals surface area contributed by atoms with E-state index in [1.807, 2.05) is 78.9 Å². The van der Waals surface area contributed by atoms with Gasteiger partial charge in [0.15, 0.2) is 0 Å². The molecule has 4 rings (SSSR count). The van der Waals surface area contributed by atoms with Crippen molar-refractivity contribution in [2.75, 3.05) is 19.7 Å². The number of benzene rings is 3. The molecule has 0 fully saturated rings. The van der Waals surface area contributed by atoms with Crippen LogP contribution in [0.2, 0.25) is 0 Å². The Morgan fingerprint density at radius 2 is 1.11 bits per heavy atom. The van der Waals surface area contributed by atoms with Crippen LogP contribution in [0.25, 0.3) is 11.1 Å². The van der Waals surface area contributed by atoms with Gasteiger partial charge in [-0.2, -0.15) is 0 Å². The second-order valence-electron chi connectivity index (χ2n) is 16.0. The largest absolute Gasteiger partial charge is 0.458 e. The Balaban J connectivity index is 1.36. The van der Waals surface area contributed by atoms with Gasteiger partial charge in [-0.1, -0.05) is 78.9 Å². The number of rotatable bonds is 18. The Morgan fingerprint density at radius 1 is 0.579 bits per heavy atom. The molecule has 4 N–H and O–H groups in total. The average Bonchev–Trinajstić information content (AvgIpc) is 3.47. The summed E-state index contributed by atoms with van der Waals surface area (Å²) in [4.78, 5) is 64.9. The fourth-order valence-electron chi connectivity index (χ4n) is 6.36. The molecule has 0 radical (unpaired) electrons. The van der Waals surface area contributed by atoms with E-state index < -0.39 is 53.4 Å². The van der Waals surface area contributed by atoms with Crippen LogP contribution in [-0.4, -0.2) is 73.1 Å². The van der Waals surface area contributed by atoms with Gasteiger partial charge in [0.2, 0.25) is 5.91 Å². The molecular weight excluding hydrogens is 729 g/mol. The van der Waals surface area contributed by atoms with Crippen molar-refractivity contribution in [1.29, 1.82) is 0 Å². The highest BCUT2D eigenvalue weighted by Crippen LogP contribution is 2.44. The Bertz CT molecular complexity index is 1760. The van der Waals surface area contributed by atoms with Crippen molar-refractivity contribution >= 4 is 30.2 Å². The van der Waals surface area contributed by atoms with Gasteiger partial charge in [-0.25, -0.2) is 19.2 Å². The first kappa shape index (κ1) is 44.1. The van der Waals surface area contributed by atoms with Gasteiger partial charge in [-0.05, 0) is 108 Å². The highest BCUT2D eigenvalue weighted by molar-refractivity contribution is 5.89. The number of alkyl carbamates (subject to hydrolysis) is 3. The molecule has 0 spiro atoms. The van der Waals surface area contributed by atoms with Crippen molar-refractivity contribution in [3.05, 3.63) is 95.6 Å². The van der Waals surface area contributed by atoms with Crippen molar-refractivity contribution in [1.82, 2.24) is 21.3 Å². The summed E-state index contributed by atoms with van der Waals surface area (Å²) >= 11 is 0. The van der Waals surface area contributed by atoms with Crippen LogP contribution in [0.1, 0.15) is 103 Å². The molecule has 308 valence electrons. The topological polar surface area (TPSA) is 170 Å². The number of amides is 4. The number of ether oxygens (including phenoxy) is 4. The third-order valence-corrected chi connectivity index (χ3v) is 8.95. The molecule has 0 saturated carbocycles. The van der Waals surface area contributed by atoms with Crippen molar-refractivity contribution in [3.63, 3.8) is 0 Å². The fraction of sp³-hybridized carbons (Fsp3) is 0.477. The number of nitrogens with one attached hydrogen (secondary N) is 4. The molecule has 0 saturated heterocycles. The molecule has 0 aliphatic heterocycles. The lowest BCUT2D eigenvalue weighted by Crippen LogP contribution is -2.52. The molecule has 13 heteroatoms. The van der Waals surface area contributed by atoms with Gasteiger partial charge < -0.3 is 40.2 Å². The normalized spacial score (nSPS) is 13.2. The molecule has 2 atom stereocenters. The predicted molar refractivity (Wildman–Crippen MR) is 216 cm³/mol. The second kappa shape index (κ2) is 21.1. The third-order valence-electron chi connectivity index (χ3n) is 8.95. The van der Waals surface area contributed by atoms with Crippen molar-refractivity contribution in [2.45, 2.75) is 116 Å². The molecule has 3 aromatic rings. The van der Waals surface area contributed by atoms with Gasteiger partial charge in [-0.15, -0.1) is 0 Å². The molecular formula is C44H58N4O9. The number of hydrogen-bond acceptors (Lipinski definition) is 9. The van der Waals surface area contributed by atoms with E-state index >= 15 is 0 Å². The number of carbonyl (C=O) groups excluding carboxylic acids is 5. The number of fused-ring (bicyclic) bond motifs is 3. The zero-order valence-electron chi connectivity index (χ0n) is 34.0. The van der Waals surface area contributed by atoms with Gasteiger partial charge in [0.25, 0.3) is 0 Å². The maximum absolute atomic E-state index is 13.9. The van der Waals surface area contributed by atoms with Crippen LogP contribution in [0.15, 0.2) is 78.9 Å². The summed E-state index contributed by atoms with van der Waals surface area (Å²) in [5.74, 6) is -1.37. The maximum atomic E-state index is 13.9. The highest BCUT2D eigenvalue weighted by atomic mass is 16.6. The van der Waals surface area contributed by atoms with Gasteiger partial charge in [0.1, 0.15) is 36.5 Å². The van der Waals surface area contributed by atoms with Gasteiger partial charge in [-0.3, -0.25) is 4.79 Å². The van der Waals surface area contributed by atoms with Crippen molar-refractivity contribution < 1.29 is 42.9 Å². The zero-order chi connectivity index (χ0) is 41.4. The van der Waals surface area contributed by atoms with Crippen LogP contribution in [0.5, 0.6) is 0 Å². The lowest BCUT2D eigenvalue weighted by molar-refractivity contribution is -0.159. The smallest absolute Gasteiger partial charge is 0.407 e. The lowest BCUT2D eigenvalue weighted by atomic mass is 9.98. The standard InChI is InChI=1S/C44H58N4O9/c1-43(2,3)56-39(50)37(25-15-17-26-45-40(51)54-28-30-18-8-7-9-19-30)47-38(49)36(24-14-16-27-46-41(52)57-44(4,5)6)48-42(53)55-29-35-33-22-12-10-20-31(33)32-21-11-13-23-34(32)35/h7-13,18-23,35-37H,14-17,24-29H2,1-6H3,(H,45,51)(H,46,52)(H,47,49)(H,48,53)/t36-,37-/m0/s1. The minimum absolute atomic E-state index is 0.0579. The Labute approximate surface area is 335 Å². The minimum Gasteiger partial charge on any atom is -0.458 e. The van der Waals surface area contributed by atoms with Gasteiger partial charge in [0, 0.05) is 19.0 Å². The predicted octanol–water partition coefficient (Wildman–Crippen LogP) is 7.51. The van der Waals surface area contributed by atoms with E-state index in [9.17, 15) is 24.0 Å². The van der Waals surface area contributed by atoms with Crippen molar-refractivity contribution in [2.24, 2.45) is 0 Å². The van der Waals surface area contributed by atoms with E-state index in [4.69, 9.17) is 18.9 Å². The summed E-state index contributed by atoms with van der Waals surface area (Å²) in [7, 11) is 0. The fourth-order valence-corrected chi connectivity index (χ4v) is 6.36. The first-order valence-electron chi connectivity index (χ1n) is 19.7. The summed E-state index contributed by atoms with van der Waals surface area (Å²) in [5.41, 5.74) is 3.69. The summed E-state index contributed by atoms with van der Waals surface area (Å²) in [6.45, 7) is 11.3. The summed E-state index contributed by atoms with van der Waals surface area (Å²) in [5, 5.41) is 10.9. The first-order chi connectivity index (χ1) is 27.1. The molecule has 0 unspecified atom stereocenters. The van der Waals surface area contributed by atoms with Crippen LogP contribution in [0, 0.1) is 0 Å². The van der Waals surface area contributed by atoms with E-state index in [0.717, 1.165) is 27.8 Å². The van der Waals surface area contributed by atoms with Crippen LogP contribution >= 0.6 is 0 Å². The number of unbranched alkanes of at least 4 members (excludes halogenated alkanes) is 2. The number of esters is 1. The molecule has 0 bridgehead atoms. The van der Waals surface area contributed by atoms with Crippen LogP contribution < -0.4 is 21.3 Å². The second-order valence-corrected chi connectivity index (χ2v) is 16.0. The quantitative estimate of drug-likeness (QED) is 0.0579. The van der Waals surface area contributed by atoms with Crippen LogP contribution in [0.4, 0.5) is 14.4 Å². The van der Waals surface area contributed by atoms with Crippen LogP contribution in [-0.2, 0) is 35.1 Å². The average molecular weight is 787 g/mol. The SMILES string of the molecule is CC(C)(C)OC(=O)NCCCC[C@H](NC(=O)OCC1c2ccccc2-c2ccccc21)C(=O)N[C@@H](CCCCNC(=O)OCc1ccccc1)C(=O)OC(C)(C)C.